The van der Waals surface area contributed by atoms with Gasteiger partial charge in [0.1, 0.15) is 11.3 Å². The number of aryl methyl sites for hydroxylation is 2. The lowest BCUT2D eigenvalue weighted by molar-refractivity contribution is -0.132. The number of imidazole rings is 1. The summed E-state index contributed by atoms with van der Waals surface area (Å²) in [6.45, 7) is 8.71. The van der Waals surface area contributed by atoms with Crippen molar-refractivity contribution in [2.45, 2.75) is 53.0 Å². The van der Waals surface area contributed by atoms with E-state index >= 15 is 0 Å². The average Bonchev–Trinajstić information content (AvgIpc) is 3.66. The van der Waals surface area contributed by atoms with Gasteiger partial charge in [0.2, 0.25) is 0 Å². The number of Topliss-reactive ketones (excluding diaryl/α,β-unsaturated/α-hetero) is 1. The number of ether oxygens (including phenoxy) is 2. The van der Waals surface area contributed by atoms with Crippen LogP contribution in [0, 0.1) is 13.8 Å². The number of carbonyl (C=O) groups is 2. The summed E-state index contributed by atoms with van der Waals surface area (Å²) in [6, 6.07) is 8.22. The van der Waals surface area contributed by atoms with Crippen molar-refractivity contribution in [1.82, 2.24) is 14.4 Å². The lowest BCUT2D eigenvalue weighted by atomic mass is 9.96. The van der Waals surface area contributed by atoms with E-state index in [9.17, 15) is 14.7 Å². The van der Waals surface area contributed by atoms with Crippen molar-refractivity contribution in [3.63, 3.8) is 0 Å². The zero-order chi connectivity index (χ0) is 28.4. The van der Waals surface area contributed by atoms with Gasteiger partial charge in [0.15, 0.2) is 22.4 Å². The molecule has 1 N–H and O–H groups in total. The van der Waals surface area contributed by atoms with Gasteiger partial charge in [-0.25, -0.2) is 9.97 Å². The van der Waals surface area contributed by atoms with Crippen LogP contribution in [0.5, 0.6) is 11.5 Å². The molecule has 0 aliphatic carbocycles. The van der Waals surface area contributed by atoms with Gasteiger partial charge in [0.05, 0.1) is 30.5 Å². The number of aliphatic hydroxyl groups is 1. The molecule has 208 valence electrons. The fourth-order valence-corrected chi connectivity index (χ4v) is 5.64. The highest BCUT2D eigenvalue weighted by atomic mass is 32.1. The molecule has 3 aromatic heterocycles. The molecule has 1 saturated heterocycles. The molecule has 5 rings (SSSR count). The van der Waals surface area contributed by atoms with Crippen molar-refractivity contribution >= 4 is 39.6 Å². The summed E-state index contributed by atoms with van der Waals surface area (Å²) in [5.41, 5.74) is 3.01. The van der Waals surface area contributed by atoms with Crippen LogP contribution in [0.15, 0.2) is 53.7 Å². The van der Waals surface area contributed by atoms with Gasteiger partial charge in [-0.05, 0) is 56.5 Å². The molecular formula is C30H32N4O5S. The Hall–Kier alpha value is -4.18. The number of unbranched alkanes of at least 4 members (excludes halogenated alkanes) is 2. The van der Waals surface area contributed by atoms with Crippen LogP contribution < -0.4 is 14.4 Å². The number of hydrogen-bond donors (Lipinski definition) is 1. The highest BCUT2D eigenvalue weighted by Gasteiger charge is 2.48. The smallest absolute Gasteiger partial charge is 0.301 e. The fraction of sp³-hybridized carbons (Fsp3) is 0.333. The Bertz CT molecular complexity index is 1590. The van der Waals surface area contributed by atoms with E-state index in [2.05, 4.69) is 16.9 Å². The molecule has 1 aromatic carbocycles. The second-order valence-electron chi connectivity index (χ2n) is 9.61. The number of ketones is 1. The standard InChI is InChI=1S/C30H32N4O5S/c1-5-7-8-15-39-21-12-11-20(17-22(21)38-6-2)25-23(27(36)29(37)34(25)30-31-13-16-40-30)26(35)24-19(4)33-14-9-10-18(3)28(33)32-24/h9-14,16-17,25,35H,5-8,15H2,1-4H3. The normalized spacial score (nSPS) is 16.7. The summed E-state index contributed by atoms with van der Waals surface area (Å²) in [7, 11) is 0. The number of thiazole rings is 1. The van der Waals surface area contributed by atoms with Gasteiger partial charge < -0.3 is 19.0 Å². The van der Waals surface area contributed by atoms with Crippen LogP contribution in [-0.4, -0.2) is 44.4 Å². The molecule has 40 heavy (non-hydrogen) atoms. The van der Waals surface area contributed by atoms with Gasteiger partial charge in [-0.1, -0.05) is 31.9 Å². The van der Waals surface area contributed by atoms with E-state index in [0.717, 1.165) is 24.8 Å². The SMILES string of the molecule is CCCCCOc1ccc(C2C(=C(O)c3nc4c(C)cccn4c3C)C(=O)C(=O)N2c2nccs2)cc1OCC. The highest BCUT2D eigenvalue weighted by molar-refractivity contribution is 7.14. The molecule has 0 radical (unpaired) electrons. The Kier molecular flexibility index (Phi) is 7.88. The molecule has 1 amide bonds. The molecular weight excluding hydrogens is 528 g/mol. The van der Waals surface area contributed by atoms with Crippen LogP contribution in [0.4, 0.5) is 5.13 Å². The minimum atomic E-state index is -0.940. The maximum atomic E-state index is 13.6. The Morgan fingerprint density at radius 1 is 1.10 bits per heavy atom. The van der Waals surface area contributed by atoms with Crippen LogP contribution in [0.3, 0.4) is 0 Å². The van der Waals surface area contributed by atoms with Gasteiger partial charge in [-0.15, -0.1) is 11.3 Å². The first kappa shape index (κ1) is 27.4. The number of aliphatic hydroxyl groups excluding tert-OH is 1. The maximum absolute atomic E-state index is 13.6. The number of benzene rings is 1. The van der Waals surface area contributed by atoms with E-state index in [-0.39, 0.29) is 17.0 Å². The van der Waals surface area contributed by atoms with Gasteiger partial charge in [0, 0.05) is 17.8 Å². The number of amides is 1. The summed E-state index contributed by atoms with van der Waals surface area (Å²) >= 11 is 1.24. The van der Waals surface area contributed by atoms with E-state index in [1.807, 2.05) is 43.5 Å². The van der Waals surface area contributed by atoms with Crippen LogP contribution in [0.25, 0.3) is 11.4 Å². The topological polar surface area (TPSA) is 106 Å². The number of hydrogen-bond acceptors (Lipinski definition) is 8. The van der Waals surface area contributed by atoms with Gasteiger partial charge in [-0.3, -0.25) is 14.5 Å². The molecule has 0 spiro atoms. The van der Waals surface area contributed by atoms with E-state index in [1.54, 1.807) is 29.8 Å². The molecule has 4 heterocycles. The fourth-order valence-electron chi connectivity index (χ4n) is 4.97. The van der Waals surface area contributed by atoms with Gasteiger partial charge in [-0.2, -0.15) is 0 Å². The summed E-state index contributed by atoms with van der Waals surface area (Å²) in [4.78, 5) is 37.3. The monoisotopic (exact) mass is 560 g/mol. The Morgan fingerprint density at radius 2 is 1.93 bits per heavy atom. The molecule has 1 atom stereocenters. The minimum absolute atomic E-state index is 0.0524. The van der Waals surface area contributed by atoms with E-state index in [1.165, 1.54) is 16.2 Å². The van der Waals surface area contributed by atoms with Crippen molar-refractivity contribution < 1.29 is 24.2 Å². The van der Waals surface area contributed by atoms with E-state index in [0.29, 0.717) is 46.7 Å². The Balaban J connectivity index is 1.66. The van der Waals surface area contributed by atoms with Crippen molar-refractivity contribution in [1.29, 1.82) is 0 Å². The predicted molar refractivity (Wildman–Crippen MR) is 154 cm³/mol. The first-order chi connectivity index (χ1) is 19.4. The van der Waals surface area contributed by atoms with Crippen molar-refractivity contribution in [3.8, 4) is 11.5 Å². The lowest BCUT2D eigenvalue weighted by Gasteiger charge is -2.24. The third kappa shape index (κ3) is 4.83. The largest absolute Gasteiger partial charge is 0.505 e. The second-order valence-corrected chi connectivity index (χ2v) is 10.5. The number of rotatable bonds is 10. The van der Waals surface area contributed by atoms with Crippen molar-refractivity contribution in [2.75, 3.05) is 18.1 Å². The van der Waals surface area contributed by atoms with E-state index < -0.39 is 17.7 Å². The number of carbonyl (C=O) groups excluding carboxylic acids is 2. The molecule has 1 fully saturated rings. The summed E-state index contributed by atoms with van der Waals surface area (Å²) < 4.78 is 13.8. The van der Waals surface area contributed by atoms with Crippen molar-refractivity contribution in [2.24, 2.45) is 0 Å². The highest BCUT2D eigenvalue weighted by Crippen LogP contribution is 2.45. The number of anilines is 1. The van der Waals surface area contributed by atoms with Crippen molar-refractivity contribution in [3.05, 3.63) is 76.2 Å². The van der Waals surface area contributed by atoms with Crippen LogP contribution in [0.2, 0.25) is 0 Å². The summed E-state index contributed by atoms with van der Waals surface area (Å²) in [5, 5.41) is 13.7. The molecule has 4 aromatic rings. The Labute approximate surface area is 236 Å². The first-order valence-electron chi connectivity index (χ1n) is 13.4. The lowest BCUT2D eigenvalue weighted by Crippen LogP contribution is -2.29. The van der Waals surface area contributed by atoms with Crippen LogP contribution in [0.1, 0.15) is 61.7 Å². The van der Waals surface area contributed by atoms with Gasteiger partial charge in [0.25, 0.3) is 5.78 Å². The molecule has 1 unspecified atom stereocenters. The third-order valence-electron chi connectivity index (χ3n) is 6.97. The molecule has 1 aliphatic rings. The third-order valence-corrected chi connectivity index (χ3v) is 7.74. The summed E-state index contributed by atoms with van der Waals surface area (Å²) in [5.74, 6) is -0.818. The summed E-state index contributed by atoms with van der Waals surface area (Å²) in [6.07, 6.45) is 6.49. The minimum Gasteiger partial charge on any atom is -0.505 e. The number of fused-ring (bicyclic) bond motifs is 1. The zero-order valence-electron chi connectivity index (χ0n) is 23.0. The Morgan fingerprint density at radius 3 is 2.62 bits per heavy atom. The number of aromatic nitrogens is 3. The average molecular weight is 561 g/mol. The molecule has 0 bridgehead atoms. The van der Waals surface area contributed by atoms with Crippen LogP contribution >= 0.6 is 11.3 Å². The van der Waals surface area contributed by atoms with Gasteiger partial charge >= 0.3 is 5.91 Å². The number of pyridine rings is 1. The molecule has 0 saturated carbocycles. The quantitative estimate of drug-likeness (QED) is 0.110. The van der Waals surface area contributed by atoms with E-state index in [4.69, 9.17) is 9.47 Å². The number of nitrogens with zero attached hydrogens (tertiary/aromatic N) is 4. The first-order valence-corrected chi connectivity index (χ1v) is 14.3. The maximum Gasteiger partial charge on any atom is 0.301 e. The molecule has 9 nitrogen and oxygen atoms in total. The molecule has 1 aliphatic heterocycles. The van der Waals surface area contributed by atoms with Crippen LogP contribution in [-0.2, 0) is 9.59 Å². The zero-order valence-corrected chi connectivity index (χ0v) is 23.8. The predicted octanol–water partition coefficient (Wildman–Crippen LogP) is 6.00. The second kappa shape index (κ2) is 11.5. The molecule has 10 heteroatoms.